The van der Waals surface area contributed by atoms with Crippen molar-refractivity contribution < 1.29 is 26.7 Å². The molecular formula is C11H6F5N3O. The van der Waals surface area contributed by atoms with E-state index in [1.807, 2.05) is 5.32 Å². The first-order valence-electron chi connectivity index (χ1n) is 5.21. The van der Waals surface area contributed by atoms with Gasteiger partial charge in [0.1, 0.15) is 11.4 Å². The van der Waals surface area contributed by atoms with Crippen molar-refractivity contribution in [2.24, 2.45) is 0 Å². The van der Waals surface area contributed by atoms with Crippen LogP contribution in [0.25, 0.3) is 0 Å². The first kappa shape index (κ1) is 14.0. The third-order valence-corrected chi connectivity index (χ3v) is 2.41. The normalized spacial score (nSPS) is 10.7. The number of hydrogen-bond acceptors (Lipinski definition) is 2. The number of H-pyrrole nitrogens is 1. The largest absolute Gasteiger partial charge is 0.347 e. The lowest BCUT2D eigenvalue weighted by Gasteiger charge is -2.08. The number of amides is 1. The molecular weight excluding hydrogens is 285 g/mol. The van der Waals surface area contributed by atoms with Gasteiger partial charge in [-0.2, -0.15) is 0 Å². The van der Waals surface area contributed by atoms with Crippen LogP contribution < -0.4 is 5.32 Å². The van der Waals surface area contributed by atoms with Gasteiger partial charge in [0.05, 0.1) is 6.54 Å². The number of hydrogen-bond donors (Lipinski definition) is 2. The lowest BCUT2D eigenvalue weighted by atomic mass is 10.1. The fourth-order valence-electron chi connectivity index (χ4n) is 1.45. The first-order chi connectivity index (χ1) is 9.43. The molecule has 0 radical (unpaired) electrons. The van der Waals surface area contributed by atoms with Crippen LogP contribution in [-0.4, -0.2) is 15.9 Å². The molecule has 0 aliphatic rings. The number of nitrogens with one attached hydrogen (secondary N) is 2. The Kier molecular flexibility index (Phi) is 3.68. The smallest absolute Gasteiger partial charge is 0.257 e. The summed E-state index contributed by atoms with van der Waals surface area (Å²) in [7, 11) is 0. The molecule has 0 fully saturated rings. The van der Waals surface area contributed by atoms with Crippen molar-refractivity contribution >= 4 is 5.91 Å². The maximum atomic E-state index is 13.3. The fourth-order valence-corrected chi connectivity index (χ4v) is 1.45. The van der Waals surface area contributed by atoms with Crippen LogP contribution in [0.3, 0.4) is 0 Å². The monoisotopic (exact) mass is 291 g/mol. The van der Waals surface area contributed by atoms with Crippen molar-refractivity contribution in [2.75, 3.05) is 0 Å². The van der Waals surface area contributed by atoms with E-state index in [4.69, 9.17) is 0 Å². The van der Waals surface area contributed by atoms with E-state index in [1.54, 1.807) is 0 Å². The van der Waals surface area contributed by atoms with E-state index >= 15 is 0 Å². The van der Waals surface area contributed by atoms with Crippen LogP contribution in [0.15, 0.2) is 12.4 Å². The van der Waals surface area contributed by atoms with E-state index in [2.05, 4.69) is 9.97 Å². The number of carbonyl (C=O) groups is 1. The number of halogens is 5. The third kappa shape index (κ3) is 2.33. The van der Waals surface area contributed by atoms with Crippen LogP contribution in [0, 0.1) is 29.1 Å². The number of rotatable bonds is 3. The van der Waals surface area contributed by atoms with Crippen LogP contribution >= 0.6 is 0 Å². The number of carbonyl (C=O) groups excluding carboxylic acids is 1. The Labute approximate surface area is 108 Å². The van der Waals surface area contributed by atoms with E-state index in [0.717, 1.165) is 0 Å². The molecule has 0 unspecified atom stereocenters. The molecule has 20 heavy (non-hydrogen) atoms. The summed E-state index contributed by atoms with van der Waals surface area (Å²) in [4.78, 5) is 17.8. The third-order valence-electron chi connectivity index (χ3n) is 2.41. The zero-order valence-corrected chi connectivity index (χ0v) is 9.61. The van der Waals surface area contributed by atoms with Crippen LogP contribution in [0.4, 0.5) is 22.0 Å². The molecule has 0 aliphatic heterocycles. The molecule has 1 aromatic carbocycles. The zero-order chi connectivity index (χ0) is 14.9. The number of benzene rings is 1. The molecule has 0 saturated heterocycles. The van der Waals surface area contributed by atoms with Gasteiger partial charge >= 0.3 is 0 Å². The molecule has 2 N–H and O–H groups in total. The molecule has 0 spiro atoms. The summed E-state index contributed by atoms with van der Waals surface area (Å²) in [6.45, 7) is -0.259. The van der Waals surface area contributed by atoms with Gasteiger partial charge in [0.25, 0.3) is 5.91 Å². The number of aromatic amines is 1. The van der Waals surface area contributed by atoms with Gasteiger partial charge in [0.15, 0.2) is 23.3 Å². The minimum atomic E-state index is -2.32. The molecule has 0 atom stereocenters. The highest BCUT2D eigenvalue weighted by Crippen LogP contribution is 2.22. The lowest BCUT2D eigenvalue weighted by molar-refractivity contribution is 0.0938. The van der Waals surface area contributed by atoms with Crippen molar-refractivity contribution in [1.82, 2.24) is 15.3 Å². The maximum absolute atomic E-state index is 13.3. The molecule has 1 heterocycles. The highest BCUT2D eigenvalue weighted by molar-refractivity contribution is 5.94. The predicted octanol–water partition coefficient (Wildman–Crippen LogP) is 2.04. The Bertz CT molecular complexity index is 628. The average Bonchev–Trinajstić information content (AvgIpc) is 2.94. The maximum Gasteiger partial charge on any atom is 0.257 e. The summed E-state index contributed by atoms with van der Waals surface area (Å²) in [6.07, 6.45) is 2.79. The predicted molar refractivity (Wildman–Crippen MR) is 56.0 cm³/mol. The summed E-state index contributed by atoms with van der Waals surface area (Å²) in [5, 5.41) is 1.99. The Morgan fingerprint density at radius 2 is 1.60 bits per heavy atom. The second-order valence-corrected chi connectivity index (χ2v) is 3.66. The number of nitrogens with zero attached hydrogens (tertiary/aromatic N) is 1. The van der Waals surface area contributed by atoms with Crippen LogP contribution in [-0.2, 0) is 6.54 Å². The molecule has 1 amide bonds. The Morgan fingerprint density at radius 3 is 2.10 bits per heavy atom. The standard InChI is InChI=1S/C11H6F5N3O/c12-6-5(7(13)9(15)10(16)8(6)14)11(20)19-3-4-17-1-2-18-4/h1-2H,3H2,(H,17,18)(H,19,20). The molecule has 9 heteroatoms. The second kappa shape index (κ2) is 5.27. The Hall–Kier alpha value is -2.45. The molecule has 0 bridgehead atoms. The molecule has 2 aromatic rings. The van der Waals surface area contributed by atoms with E-state index < -0.39 is 40.6 Å². The summed E-state index contributed by atoms with van der Waals surface area (Å²) < 4.78 is 65.3. The molecule has 4 nitrogen and oxygen atoms in total. The van der Waals surface area contributed by atoms with E-state index in [1.165, 1.54) is 12.4 Å². The van der Waals surface area contributed by atoms with Gasteiger partial charge in [-0.3, -0.25) is 4.79 Å². The number of imidazole rings is 1. The van der Waals surface area contributed by atoms with E-state index in [0.29, 0.717) is 0 Å². The summed E-state index contributed by atoms with van der Waals surface area (Å²) >= 11 is 0. The fraction of sp³-hybridized carbons (Fsp3) is 0.0909. The topological polar surface area (TPSA) is 57.8 Å². The molecule has 2 rings (SSSR count). The number of aromatic nitrogens is 2. The summed E-state index contributed by atoms with van der Waals surface area (Å²) in [5.74, 6) is -12.2. The van der Waals surface area contributed by atoms with Gasteiger partial charge in [0, 0.05) is 12.4 Å². The molecule has 0 saturated carbocycles. The lowest BCUT2D eigenvalue weighted by Crippen LogP contribution is -2.27. The van der Waals surface area contributed by atoms with E-state index in [-0.39, 0.29) is 12.4 Å². The van der Waals surface area contributed by atoms with Gasteiger partial charge in [-0.1, -0.05) is 0 Å². The summed E-state index contributed by atoms with van der Waals surface area (Å²) in [5.41, 5.74) is -1.53. The van der Waals surface area contributed by atoms with Gasteiger partial charge < -0.3 is 10.3 Å². The van der Waals surface area contributed by atoms with Crippen LogP contribution in [0.2, 0.25) is 0 Å². The van der Waals surface area contributed by atoms with Crippen LogP contribution in [0.1, 0.15) is 16.2 Å². The van der Waals surface area contributed by atoms with Gasteiger partial charge in [-0.15, -0.1) is 0 Å². The minimum Gasteiger partial charge on any atom is -0.347 e. The van der Waals surface area contributed by atoms with Gasteiger partial charge in [0.2, 0.25) is 5.82 Å². The van der Waals surface area contributed by atoms with E-state index in [9.17, 15) is 26.7 Å². The van der Waals surface area contributed by atoms with Gasteiger partial charge in [-0.25, -0.2) is 26.9 Å². The first-order valence-corrected chi connectivity index (χ1v) is 5.21. The SMILES string of the molecule is O=C(NCc1ncc[nH]1)c1c(F)c(F)c(F)c(F)c1F. The highest BCUT2D eigenvalue weighted by Gasteiger charge is 2.29. The second-order valence-electron chi connectivity index (χ2n) is 3.66. The molecule has 0 aliphatic carbocycles. The summed E-state index contributed by atoms with van der Waals surface area (Å²) in [6, 6.07) is 0. The Balaban J connectivity index is 2.30. The quantitative estimate of drug-likeness (QED) is 0.516. The van der Waals surface area contributed by atoms with Crippen molar-refractivity contribution in [1.29, 1.82) is 0 Å². The zero-order valence-electron chi connectivity index (χ0n) is 9.61. The van der Waals surface area contributed by atoms with Crippen molar-refractivity contribution in [3.8, 4) is 0 Å². The Morgan fingerprint density at radius 1 is 1.05 bits per heavy atom. The highest BCUT2D eigenvalue weighted by atomic mass is 19.2. The van der Waals surface area contributed by atoms with Gasteiger partial charge in [-0.05, 0) is 0 Å². The minimum absolute atomic E-state index is 0.252. The average molecular weight is 291 g/mol. The molecule has 106 valence electrons. The van der Waals surface area contributed by atoms with Crippen molar-refractivity contribution in [3.63, 3.8) is 0 Å². The van der Waals surface area contributed by atoms with Crippen molar-refractivity contribution in [2.45, 2.75) is 6.54 Å². The van der Waals surface area contributed by atoms with Crippen LogP contribution in [0.5, 0.6) is 0 Å². The van der Waals surface area contributed by atoms with Crippen molar-refractivity contribution in [3.05, 3.63) is 52.9 Å². The molecule has 1 aromatic heterocycles.